The van der Waals surface area contributed by atoms with E-state index >= 15 is 0 Å². The molecule has 0 spiro atoms. The third-order valence-electron chi connectivity index (χ3n) is 7.05. The second-order valence-electron chi connectivity index (χ2n) is 9.81. The van der Waals surface area contributed by atoms with Gasteiger partial charge < -0.3 is 10.1 Å². The molecule has 2 atom stereocenters. The number of benzene rings is 3. The van der Waals surface area contributed by atoms with Crippen molar-refractivity contribution in [1.29, 1.82) is 0 Å². The van der Waals surface area contributed by atoms with E-state index in [0.717, 1.165) is 10.0 Å². The molecule has 1 aliphatic carbocycles. The smallest absolute Gasteiger partial charge is 0.338 e. The molecule has 1 N–H and O–H groups in total. The van der Waals surface area contributed by atoms with Crippen molar-refractivity contribution in [2.75, 3.05) is 16.8 Å². The molecule has 2 aliphatic rings. The van der Waals surface area contributed by atoms with Crippen molar-refractivity contribution in [3.05, 3.63) is 106 Å². The maximum Gasteiger partial charge on any atom is 0.338 e. The summed E-state index contributed by atoms with van der Waals surface area (Å²) in [6, 6.07) is 19.2. The number of rotatable bonds is 7. The average molecular weight is 601 g/mol. The number of hydrogen-bond acceptors (Lipinski definition) is 6. The van der Waals surface area contributed by atoms with Crippen LogP contribution in [0.1, 0.15) is 50.8 Å². The van der Waals surface area contributed by atoms with E-state index in [1.807, 2.05) is 13.0 Å². The summed E-state index contributed by atoms with van der Waals surface area (Å²) in [4.78, 5) is 65.2. The maximum atomic E-state index is 13.1. The molecule has 0 aromatic heterocycles. The number of imide groups is 1. The molecule has 0 unspecified atom stereocenters. The van der Waals surface area contributed by atoms with Gasteiger partial charge in [-0.15, -0.1) is 0 Å². The first-order valence-corrected chi connectivity index (χ1v) is 13.5. The molecule has 9 heteroatoms. The average Bonchev–Trinajstić information content (AvgIpc) is 3.20. The van der Waals surface area contributed by atoms with Crippen LogP contribution in [-0.2, 0) is 14.3 Å². The third kappa shape index (κ3) is 5.65. The molecule has 1 saturated heterocycles. The van der Waals surface area contributed by atoms with Crippen molar-refractivity contribution in [3.63, 3.8) is 0 Å². The Morgan fingerprint density at radius 3 is 2.38 bits per heavy atom. The van der Waals surface area contributed by atoms with Gasteiger partial charge in [-0.05, 0) is 68.3 Å². The Morgan fingerprint density at radius 1 is 0.900 bits per heavy atom. The fourth-order valence-electron chi connectivity index (χ4n) is 4.94. The van der Waals surface area contributed by atoms with Crippen LogP contribution in [0.4, 0.5) is 11.4 Å². The number of esters is 1. The summed E-state index contributed by atoms with van der Waals surface area (Å²) in [6.07, 6.45) is 3.10. The van der Waals surface area contributed by atoms with Gasteiger partial charge in [0.2, 0.25) is 11.8 Å². The van der Waals surface area contributed by atoms with Gasteiger partial charge in [0.05, 0.1) is 23.1 Å². The molecule has 0 radical (unpaired) electrons. The van der Waals surface area contributed by atoms with Crippen LogP contribution in [0.15, 0.2) is 88.9 Å². The number of carbonyl (C=O) groups excluding carboxylic acids is 5. The van der Waals surface area contributed by atoms with E-state index in [4.69, 9.17) is 4.74 Å². The van der Waals surface area contributed by atoms with Crippen molar-refractivity contribution < 1.29 is 28.7 Å². The van der Waals surface area contributed by atoms with Crippen LogP contribution in [0.25, 0.3) is 0 Å². The summed E-state index contributed by atoms with van der Waals surface area (Å²) >= 11 is 3.31. The Balaban J connectivity index is 1.24. The summed E-state index contributed by atoms with van der Waals surface area (Å²) < 4.78 is 6.00. The first-order chi connectivity index (χ1) is 19.2. The lowest BCUT2D eigenvalue weighted by molar-refractivity contribution is -0.122. The van der Waals surface area contributed by atoms with E-state index in [1.54, 1.807) is 54.6 Å². The first kappa shape index (κ1) is 27.2. The normalized spacial score (nSPS) is 18.1. The minimum absolute atomic E-state index is 0.162. The van der Waals surface area contributed by atoms with Gasteiger partial charge >= 0.3 is 5.97 Å². The van der Waals surface area contributed by atoms with Gasteiger partial charge in [0.15, 0.2) is 12.4 Å². The topological polar surface area (TPSA) is 110 Å². The number of halogens is 1. The monoisotopic (exact) mass is 600 g/mol. The molecule has 3 aromatic carbocycles. The van der Waals surface area contributed by atoms with Crippen LogP contribution < -0.4 is 10.2 Å². The van der Waals surface area contributed by atoms with E-state index in [0.29, 0.717) is 29.8 Å². The lowest BCUT2D eigenvalue weighted by atomic mass is 9.82. The molecule has 0 saturated carbocycles. The van der Waals surface area contributed by atoms with Crippen molar-refractivity contribution in [2.45, 2.75) is 19.8 Å². The van der Waals surface area contributed by atoms with E-state index in [2.05, 4.69) is 21.2 Å². The van der Waals surface area contributed by atoms with Crippen LogP contribution in [0.2, 0.25) is 0 Å². The Hall–Kier alpha value is -4.37. The lowest BCUT2D eigenvalue weighted by Gasteiger charge is -2.18. The first-order valence-electron chi connectivity index (χ1n) is 12.7. The SMILES string of the molecule is CC1=CC[C@@H]2C(=O)N(c3cccc(C(=O)Nc4cccc(C(=O)OCC(=O)c5ccc(Br)cc5)c4)c3)C(=O)[C@@H]2C1. The molecule has 8 nitrogen and oxygen atoms in total. The fraction of sp³-hybridized carbons (Fsp3) is 0.194. The van der Waals surface area contributed by atoms with E-state index in [9.17, 15) is 24.0 Å². The Morgan fingerprint density at radius 2 is 1.60 bits per heavy atom. The number of carbonyl (C=O) groups is 5. The van der Waals surface area contributed by atoms with Gasteiger partial charge in [-0.25, -0.2) is 4.79 Å². The molecule has 0 bridgehead atoms. The molecular weight excluding hydrogens is 576 g/mol. The van der Waals surface area contributed by atoms with Crippen LogP contribution >= 0.6 is 15.9 Å². The molecule has 5 rings (SSSR count). The van der Waals surface area contributed by atoms with Gasteiger partial charge in [0, 0.05) is 21.3 Å². The maximum absolute atomic E-state index is 13.1. The van der Waals surface area contributed by atoms with Crippen LogP contribution in [0.3, 0.4) is 0 Å². The van der Waals surface area contributed by atoms with E-state index in [-0.39, 0.29) is 40.6 Å². The van der Waals surface area contributed by atoms with Crippen LogP contribution in [0.5, 0.6) is 0 Å². The molecule has 40 heavy (non-hydrogen) atoms. The molecule has 1 heterocycles. The molecular formula is C31H25BrN2O6. The predicted molar refractivity (Wildman–Crippen MR) is 152 cm³/mol. The number of anilines is 2. The highest BCUT2D eigenvalue weighted by molar-refractivity contribution is 9.10. The van der Waals surface area contributed by atoms with Crippen LogP contribution in [0, 0.1) is 11.8 Å². The summed E-state index contributed by atoms with van der Waals surface area (Å²) in [6.45, 7) is 1.54. The molecule has 202 valence electrons. The third-order valence-corrected chi connectivity index (χ3v) is 7.57. The second kappa shape index (κ2) is 11.4. The quantitative estimate of drug-likeness (QED) is 0.164. The minimum atomic E-state index is -0.708. The standard InChI is InChI=1S/C31H25BrN2O6/c1-18-8-13-25-26(14-18)30(38)34(29(25)37)24-7-3-4-20(16-24)28(36)33-23-6-2-5-21(15-23)31(39)40-17-27(35)19-9-11-22(32)12-10-19/h2-12,15-16,25-26H,13-14,17H2,1H3,(H,33,36)/t25-,26+/m0/s1. The van der Waals surface area contributed by atoms with Gasteiger partial charge in [-0.3, -0.25) is 24.1 Å². The highest BCUT2D eigenvalue weighted by Crippen LogP contribution is 2.39. The number of nitrogens with one attached hydrogen (secondary N) is 1. The lowest BCUT2D eigenvalue weighted by Crippen LogP contribution is -2.31. The summed E-state index contributed by atoms with van der Waals surface area (Å²) in [5.74, 6) is -2.77. The second-order valence-corrected chi connectivity index (χ2v) is 10.7. The number of ether oxygens (including phenoxy) is 1. The molecule has 3 amide bonds. The zero-order valence-electron chi connectivity index (χ0n) is 21.6. The fourth-order valence-corrected chi connectivity index (χ4v) is 5.20. The van der Waals surface area contributed by atoms with Crippen molar-refractivity contribution >= 4 is 56.8 Å². The number of amides is 3. The van der Waals surface area contributed by atoms with Gasteiger partial charge in [0.25, 0.3) is 5.91 Å². The van der Waals surface area contributed by atoms with E-state index < -0.39 is 18.5 Å². The Kier molecular flexibility index (Phi) is 7.75. The number of Topliss-reactive ketones (excluding diaryl/α,β-unsaturated/α-hetero) is 1. The van der Waals surface area contributed by atoms with Gasteiger partial charge in [-0.2, -0.15) is 0 Å². The molecule has 1 aliphatic heterocycles. The summed E-state index contributed by atoms with van der Waals surface area (Å²) in [5, 5.41) is 2.73. The zero-order chi connectivity index (χ0) is 28.4. The number of allylic oxidation sites excluding steroid dienone is 2. The highest BCUT2D eigenvalue weighted by atomic mass is 79.9. The number of fused-ring (bicyclic) bond motifs is 1. The van der Waals surface area contributed by atoms with Crippen molar-refractivity contribution in [2.24, 2.45) is 11.8 Å². The summed E-state index contributed by atoms with van der Waals surface area (Å²) in [7, 11) is 0. The minimum Gasteiger partial charge on any atom is -0.454 e. The van der Waals surface area contributed by atoms with Gasteiger partial charge in [-0.1, -0.05) is 51.8 Å². The Bertz CT molecular complexity index is 1560. The van der Waals surface area contributed by atoms with Crippen molar-refractivity contribution in [3.8, 4) is 0 Å². The van der Waals surface area contributed by atoms with Gasteiger partial charge in [0.1, 0.15) is 0 Å². The Labute approximate surface area is 239 Å². The highest BCUT2D eigenvalue weighted by Gasteiger charge is 2.48. The van der Waals surface area contributed by atoms with Crippen molar-refractivity contribution in [1.82, 2.24) is 0 Å². The van der Waals surface area contributed by atoms with E-state index in [1.165, 1.54) is 23.1 Å². The molecule has 1 fully saturated rings. The zero-order valence-corrected chi connectivity index (χ0v) is 23.1. The number of nitrogens with zero attached hydrogens (tertiary/aromatic N) is 1. The van der Waals surface area contributed by atoms with Crippen LogP contribution in [-0.4, -0.2) is 36.1 Å². The predicted octanol–water partition coefficient (Wildman–Crippen LogP) is 5.59. The number of hydrogen-bond donors (Lipinski definition) is 1. The molecule has 3 aromatic rings. The summed E-state index contributed by atoms with van der Waals surface area (Å²) in [5.41, 5.74) is 2.61. The largest absolute Gasteiger partial charge is 0.454 e. The number of ketones is 1.